The fourth-order valence-corrected chi connectivity index (χ4v) is 2.64. The Labute approximate surface area is 93.8 Å². The van der Waals surface area contributed by atoms with Gasteiger partial charge in [-0.15, -0.1) is 0 Å². The van der Waals surface area contributed by atoms with Crippen LogP contribution < -0.4 is 5.32 Å². The number of halogens is 1. The Hall–Kier alpha value is -0.560. The van der Waals surface area contributed by atoms with Crippen LogP contribution in [0.4, 0.5) is 0 Å². The Morgan fingerprint density at radius 3 is 2.79 bits per heavy atom. The van der Waals surface area contributed by atoms with E-state index in [0.29, 0.717) is 5.17 Å². The van der Waals surface area contributed by atoms with Crippen molar-refractivity contribution in [3.8, 4) is 0 Å². The van der Waals surface area contributed by atoms with E-state index in [1.165, 1.54) is 25.8 Å². The molecule has 7 heteroatoms. The van der Waals surface area contributed by atoms with Gasteiger partial charge in [0.25, 0.3) is 0 Å². The summed E-state index contributed by atoms with van der Waals surface area (Å²) in [7, 11) is 1.30. The monoisotopic (exact) mass is 280 g/mol. The molecule has 1 amide bonds. The lowest BCUT2D eigenvalue weighted by molar-refractivity contribution is -0.141. The van der Waals surface area contributed by atoms with Crippen molar-refractivity contribution in [1.82, 2.24) is 5.32 Å². The molecule has 1 rings (SSSR count). The molecule has 0 aromatic carbocycles. The highest BCUT2D eigenvalue weighted by atomic mass is 79.9. The molecule has 1 aliphatic heterocycles. The number of ether oxygens (including phenoxy) is 1. The molecule has 0 spiro atoms. The smallest absolute Gasteiger partial charge is 0.332 e. The summed E-state index contributed by atoms with van der Waals surface area (Å²) in [5, 5.41) is 2.96. The number of nitrogens with one attached hydrogen (secondary N) is 1. The lowest BCUT2D eigenvalue weighted by atomic mass is 10.4. The molecular weight excluding hydrogens is 272 g/mol. The molecule has 1 N–H and O–H groups in total. The molecule has 5 nitrogen and oxygen atoms in total. The van der Waals surface area contributed by atoms with Gasteiger partial charge >= 0.3 is 5.97 Å². The topological polar surface area (TPSA) is 67.8 Å². The van der Waals surface area contributed by atoms with Crippen LogP contribution in [0.1, 0.15) is 6.92 Å². The Bertz CT molecular complexity index is 295. The van der Waals surface area contributed by atoms with Crippen LogP contribution in [0.15, 0.2) is 4.99 Å². The second kappa shape index (κ2) is 4.79. The fraction of sp³-hybridized carbons (Fsp3) is 0.571. The summed E-state index contributed by atoms with van der Waals surface area (Å²) in [6, 6.07) is -0.591. The minimum atomic E-state index is -0.591. The second-order valence-corrected chi connectivity index (χ2v) is 5.28. The summed E-state index contributed by atoms with van der Waals surface area (Å²) in [6.07, 6.45) is 0. The van der Waals surface area contributed by atoms with E-state index in [9.17, 15) is 9.59 Å². The number of aliphatic imine (C=N–C) groups is 1. The molecular formula is C7H9BrN2O3S. The summed E-state index contributed by atoms with van der Waals surface area (Å²) < 4.78 is 4.37. The third-order valence-corrected chi connectivity index (χ3v) is 3.43. The van der Waals surface area contributed by atoms with Gasteiger partial charge in [-0.1, -0.05) is 27.7 Å². The van der Waals surface area contributed by atoms with E-state index in [-0.39, 0.29) is 10.1 Å². The lowest BCUT2D eigenvalue weighted by Gasteiger charge is -2.06. The maximum absolute atomic E-state index is 11.2. The van der Waals surface area contributed by atoms with Gasteiger partial charge in [-0.2, -0.15) is 0 Å². The normalized spacial score (nSPS) is 25.5. The molecule has 2 atom stereocenters. The third kappa shape index (κ3) is 2.71. The highest BCUT2D eigenvalue weighted by Crippen LogP contribution is 2.31. The quantitative estimate of drug-likeness (QED) is 0.561. The average Bonchev–Trinajstić information content (AvgIpc) is 2.44. The van der Waals surface area contributed by atoms with Gasteiger partial charge in [0.1, 0.15) is 4.16 Å². The number of amides is 1. The van der Waals surface area contributed by atoms with Crippen molar-refractivity contribution < 1.29 is 14.3 Å². The van der Waals surface area contributed by atoms with Gasteiger partial charge < -0.3 is 10.1 Å². The molecule has 0 bridgehead atoms. The van der Waals surface area contributed by atoms with E-state index < -0.39 is 12.0 Å². The molecule has 14 heavy (non-hydrogen) atoms. The van der Waals surface area contributed by atoms with E-state index in [0.717, 1.165) is 0 Å². The van der Waals surface area contributed by atoms with Crippen LogP contribution in [0.3, 0.4) is 0 Å². The van der Waals surface area contributed by atoms with Crippen molar-refractivity contribution in [3.05, 3.63) is 0 Å². The van der Waals surface area contributed by atoms with E-state index >= 15 is 0 Å². The van der Waals surface area contributed by atoms with Crippen molar-refractivity contribution in [2.45, 2.75) is 17.1 Å². The number of nitrogens with zero attached hydrogens (tertiary/aromatic N) is 1. The molecule has 0 saturated heterocycles. The van der Waals surface area contributed by atoms with Gasteiger partial charge in [-0.3, -0.25) is 4.79 Å². The van der Waals surface area contributed by atoms with E-state index in [1.54, 1.807) is 0 Å². The van der Waals surface area contributed by atoms with Crippen molar-refractivity contribution in [2.24, 2.45) is 4.99 Å². The van der Waals surface area contributed by atoms with Crippen molar-refractivity contribution in [3.63, 3.8) is 0 Å². The molecule has 78 valence electrons. The SMILES string of the molecule is COC(=O)C1N=C(NC(C)=O)SC1Br. The minimum absolute atomic E-state index is 0.184. The number of esters is 1. The number of rotatable bonds is 1. The summed E-state index contributed by atoms with van der Waals surface area (Å²) >= 11 is 4.55. The summed E-state index contributed by atoms with van der Waals surface area (Å²) in [5.41, 5.74) is 0. The molecule has 0 fully saturated rings. The maximum Gasteiger partial charge on any atom is 0.332 e. The number of hydrogen-bond donors (Lipinski definition) is 1. The predicted octanol–water partition coefficient (Wildman–Crippen LogP) is 0.488. The lowest BCUT2D eigenvalue weighted by Crippen LogP contribution is -2.25. The largest absolute Gasteiger partial charge is 0.467 e. The van der Waals surface area contributed by atoms with Gasteiger partial charge in [-0.25, -0.2) is 9.79 Å². The van der Waals surface area contributed by atoms with Gasteiger partial charge in [0.15, 0.2) is 11.2 Å². The van der Waals surface area contributed by atoms with E-state index in [1.807, 2.05) is 0 Å². The first-order valence-corrected chi connectivity index (χ1v) is 5.58. The Balaban J connectivity index is 2.66. The van der Waals surface area contributed by atoms with Crippen LogP contribution in [-0.4, -0.2) is 34.4 Å². The summed E-state index contributed by atoms with van der Waals surface area (Å²) in [4.78, 5) is 25.9. The standard InChI is InChI=1S/C7H9BrN2O3S/c1-3(11)9-7-10-4(5(8)14-7)6(12)13-2/h4-5H,1-2H3,(H,9,10,11). The minimum Gasteiger partial charge on any atom is -0.467 e. The molecule has 0 radical (unpaired) electrons. The van der Waals surface area contributed by atoms with E-state index in [2.05, 4.69) is 31.0 Å². The summed E-state index contributed by atoms with van der Waals surface area (Å²) in [6.45, 7) is 1.39. The Morgan fingerprint density at radius 2 is 2.29 bits per heavy atom. The van der Waals surface area contributed by atoms with Gasteiger partial charge in [0.2, 0.25) is 5.91 Å². The summed E-state index contributed by atoms with van der Waals surface area (Å²) in [5.74, 6) is -0.624. The van der Waals surface area contributed by atoms with E-state index in [4.69, 9.17) is 0 Å². The predicted molar refractivity (Wildman–Crippen MR) is 57.4 cm³/mol. The van der Waals surface area contributed by atoms with Crippen molar-refractivity contribution in [2.75, 3.05) is 7.11 Å². The highest BCUT2D eigenvalue weighted by Gasteiger charge is 2.34. The number of carbonyl (C=O) groups is 2. The molecule has 1 aliphatic rings. The number of alkyl halides is 1. The second-order valence-electron chi connectivity index (χ2n) is 2.55. The van der Waals surface area contributed by atoms with Crippen LogP contribution in [0.25, 0.3) is 0 Å². The van der Waals surface area contributed by atoms with Gasteiger partial charge in [0, 0.05) is 6.92 Å². The molecule has 0 saturated carbocycles. The third-order valence-electron chi connectivity index (χ3n) is 1.45. The van der Waals surface area contributed by atoms with Gasteiger partial charge in [0.05, 0.1) is 7.11 Å². The van der Waals surface area contributed by atoms with Crippen LogP contribution >= 0.6 is 27.7 Å². The Morgan fingerprint density at radius 1 is 1.64 bits per heavy atom. The van der Waals surface area contributed by atoms with Crippen molar-refractivity contribution in [1.29, 1.82) is 0 Å². The van der Waals surface area contributed by atoms with Crippen molar-refractivity contribution >= 4 is 44.7 Å². The number of amidine groups is 1. The first-order valence-electron chi connectivity index (χ1n) is 3.78. The number of carbonyl (C=O) groups excluding carboxylic acids is 2. The first-order chi connectivity index (χ1) is 6.54. The molecule has 0 aromatic rings. The first kappa shape index (κ1) is 11.5. The number of methoxy groups -OCH3 is 1. The molecule has 1 heterocycles. The Kier molecular flexibility index (Phi) is 3.94. The number of hydrogen-bond acceptors (Lipinski definition) is 5. The van der Waals surface area contributed by atoms with Crippen LogP contribution in [0.5, 0.6) is 0 Å². The zero-order valence-corrected chi connectivity index (χ0v) is 10.0. The zero-order chi connectivity index (χ0) is 10.7. The average molecular weight is 281 g/mol. The zero-order valence-electron chi connectivity index (χ0n) is 7.61. The maximum atomic E-state index is 11.2. The molecule has 2 unspecified atom stereocenters. The van der Waals surface area contributed by atoms with Crippen LogP contribution in [-0.2, 0) is 14.3 Å². The van der Waals surface area contributed by atoms with Gasteiger partial charge in [-0.05, 0) is 0 Å². The fourth-order valence-electron chi connectivity index (χ4n) is 0.879. The molecule has 0 aliphatic carbocycles. The molecule has 0 aromatic heterocycles. The van der Waals surface area contributed by atoms with Crippen LogP contribution in [0, 0.1) is 0 Å². The highest BCUT2D eigenvalue weighted by molar-refractivity contribution is 9.11. The number of thioether (sulfide) groups is 1. The van der Waals surface area contributed by atoms with Crippen LogP contribution in [0.2, 0.25) is 0 Å².